The molecule has 0 aromatic rings. The van der Waals surface area contributed by atoms with Crippen molar-refractivity contribution in [1.29, 1.82) is 0 Å². The Morgan fingerprint density at radius 3 is 2.19 bits per heavy atom. The number of aliphatic hydroxyl groups is 1. The first-order valence-corrected chi connectivity index (χ1v) is 8.30. The minimum absolute atomic E-state index is 0.145. The summed E-state index contributed by atoms with van der Waals surface area (Å²) in [6.45, 7) is 17.3. The Morgan fingerprint density at radius 1 is 1.14 bits per heavy atom. The third-order valence-electron chi connectivity index (χ3n) is 4.45. The van der Waals surface area contributed by atoms with Crippen LogP contribution >= 0.6 is 0 Å². The molecular formula is C18H36O3. The van der Waals surface area contributed by atoms with E-state index in [1.165, 1.54) is 0 Å². The molecule has 4 atom stereocenters. The lowest BCUT2D eigenvalue weighted by Gasteiger charge is -2.38. The first-order valence-electron chi connectivity index (χ1n) is 8.30. The predicted octanol–water partition coefficient (Wildman–Crippen LogP) is 4.34. The van der Waals surface area contributed by atoms with Gasteiger partial charge in [0.1, 0.15) is 0 Å². The highest BCUT2D eigenvalue weighted by atomic mass is 16.5. The molecule has 21 heavy (non-hydrogen) atoms. The molecular weight excluding hydrogens is 264 g/mol. The van der Waals surface area contributed by atoms with E-state index >= 15 is 0 Å². The summed E-state index contributed by atoms with van der Waals surface area (Å²) in [5.41, 5.74) is -0.401. The van der Waals surface area contributed by atoms with E-state index in [9.17, 15) is 5.11 Å². The minimum Gasteiger partial charge on any atom is -0.391 e. The standard InChI is InChI=1S/C18H36O3/c1-8-11-17(6,10-3)20-13-15(4)18(7,12-9-2)21-14-16(5)19/h8,15-16,19H,1,9-14H2,2-7H3. The molecule has 0 rings (SSSR count). The Hall–Kier alpha value is -0.380. The van der Waals surface area contributed by atoms with Gasteiger partial charge in [-0.25, -0.2) is 0 Å². The highest BCUT2D eigenvalue weighted by molar-refractivity contribution is 4.86. The third kappa shape index (κ3) is 7.44. The maximum atomic E-state index is 9.47. The van der Waals surface area contributed by atoms with E-state index in [1.807, 2.05) is 6.08 Å². The average Bonchev–Trinajstić information content (AvgIpc) is 2.43. The average molecular weight is 300 g/mol. The van der Waals surface area contributed by atoms with Crippen molar-refractivity contribution < 1.29 is 14.6 Å². The largest absolute Gasteiger partial charge is 0.391 e. The first kappa shape index (κ1) is 20.6. The van der Waals surface area contributed by atoms with Gasteiger partial charge >= 0.3 is 0 Å². The van der Waals surface area contributed by atoms with E-state index in [-0.39, 0.29) is 17.1 Å². The SMILES string of the molecule is C=CCC(C)(CC)OCC(C)C(C)(CCC)OCC(C)O. The molecule has 0 radical (unpaired) electrons. The van der Waals surface area contributed by atoms with E-state index in [4.69, 9.17) is 9.47 Å². The summed E-state index contributed by atoms with van der Waals surface area (Å²) in [4.78, 5) is 0. The molecule has 0 heterocycles. The molecule has 0 aromatic carbocycles. The molecule has 0 saturated heterocycles. The molecule has 0 aliphatic carbocycles. The quantitative estimate of drug-likeness (QED) is 0.545. The van der Waals surface area contributed by atoms with Crippen LogP contribution in [-0.2, 0) is 9.47 Å². The van der Waals surface area contributed by atoms with Crippen molar-refractivity contribution in [1.82, 2.24) is 0 Å². The summed E-state index contributed by atoms with van der Waals surface area (Å²) >= 11 is 0. The maximum absolute atomic E-state index is 9.47. The van der Waals surface area contributed by atoms with Gasteiger partial charge in [-0.1, -0.05) is 33.3 Å². The van der Waals surface area contributed by atoms with Crippen LogP contribution in [0.4, 0.5) is 0 Å². The van der Waals surface area contributed by atoms with Crippen molar-refractivity contribution in [2.75, 3.05) is 13.2 Å². The molecule has 0 spiro atoms. The molecule has 0 saturated carbocycles. The van der Waals surface area contributed by atoms with Gasteiger partial charge in [0.05, 0.1) is 30.5 Å². The zero-order valence-corrected chi connectivity index (χ0v) is 14.9. The van der Waals surface area contributed by atoms with Crippen LogP contribution in [0.15, 0.2) is 12.7 Å². The molecule has 0 aliphatic rings. The van der Waals surface area contributed by atoms with Gasteiger partial charge < -0.3 is 14.6 Å². The topological polar surface area (TPSA) is 38.7 Å². The van der Waals surface area contributed by atoms with Crippen LogP contribution in [0.1, 0.15) is 67.2 Å². The van der Waals surface area contributed by atoms with Crippen LogP contribution in [0.3, 0.4) is 0 Å². The van der Waals surface area contributed by atoms with Crippen LogP contribution < -0.4 is 0 Å². The molecule has 1 N–H and O–H groups in total. The maximum Gasteiger partial charge on any atom is 0.0745 e. The van der Waals surface area contributed by atoms with E-state index < -0.39 is 6.10 Å². The second-order valence-corrected chi connectivity index (χ2v) is 6.73. The third-order valence-corrected chi connectivity index (χ3v) is 4.45. The Bertz CT molecular complexity index is 290. The minimum atomic E-state index is -0.434. The summed E-state index contributed by atoms with van der Waals surface area (Å²) in [6.07, 6.45) is 5.33. The molecule has 0 aliphatic heterocycles. The zero-order chi connectivity index (χ0) is 16.5. The van der Waals surface area contributed by atoms with Crippen LogP contribution in [0.2, 0.25) is 0 Å². The van der Waals surface area contributed by atoms with Gasteiger partial charge in [-0.3, -0.25) is 0 Å². The normalized spacial score (nSPS) is 20.3. The predicted molar refractivity (Wildman–Crippen MR) is 89.6 cm³/mol. The summed E-state index contributed by atoms with van der Waals surface area (Å²) in [5, 5.41) is 9.47. The lowest BCUT2D eigenvalue weighted by molar-refractivity contribution is -0.134. The second-order valence-electron chi connectivity index (χ2n) is 6.73. The van der Waals surface area contributed by atoms with Crippen molar-refractivity contribution in [3.8, 4) is 0 Å². The van der Waals surface area contributed by atoms with Crippen molar-refractivity contribution >= 4 is 0 Å². The van der Waals surface area contributed by atoms with Crippen LogP contribution in [0.5, 0.6) is 0 Å². The van der Waals surface area contributed by atoms with Gasteiger partial charge in [0.25, 0.3) is 0 Å². The van der Waals surface area contributed by atoms with Crippen molar-refractivity contribution in [3.05, 3.63) is 12.7 Å². The number of ether oxygens (including phenoxy) is 2. The van der Waals surface area contributed by atoms with Crippen molar-refractivity contribution in [2.45, 2.75) is 84.5 Å². The Morgan fingerprint density at radius 2 is 1.76 bits per heavy atom. The number of rotatable bonds is 12. The van der Waals surface area contributed by atoms with E-state index in [0.717, 1.165) is 25.7 Å². The molecule has 4 unspecified atom stereocenters. The first-order chi connectivity index (χ1) is 9.73. The van der Waals surface area contributed by atoms with Gasteiger partial charge in [0.15, 0.2) is 0 Å². The molecule has 0 aromatic heterocycles. The number of hydrogen-bond acceptors (Lipinski definition) is 3. The van der Waals surface area contributed by atoms with Gasteiger partial charge in [0, 0.05) is 5.92 Å². The summed E-state index contributed by atoms with van der Waals surface area (Å²) < 4.78 is 12.2. The summed E-state index contributed by atoms with van der Waals surface area (Å²) in [5.74, 6) is 0.270. The fourth-order valence-corrected chi connectivity index (χ4v) is 2.38. The lowest BCUT2D eigenvalue weighted by atomic mass is 9.86. The van der Waals surface area contributed by atoms with E-state index in [0.29, 0.717) is 13.2 Å². The fraction of sp³-hybridized carbons (Fsp3) is 0.889. The van der Waals surface area contributed by atoms with Crippen LogP contribution in [0, 0.1) is 5.92 Å². The molecule has 0 amide bonds. The molecule has 126 valence electrons. The van der Waals surface area contributed by atoms with Crippen LogP contribution in [-0.4, -0.2) is 35.6 Å². The van der Waals surface area contributed by atoms with Crippen molar-refractivity contribution in [3.63, 3.8) is 0 Å². The van der Waals surface area contributed by atoms with Gasteiger partial charge in [-0.15, -0.1) is 6.58 Å². The van der Waals surface area contributed by atoms with E-state index in [2.05, 4.69) is 41.2 Å². The lowest BCUT2D eigenvalue weighted by Crippen LogP contribution is -2.42. The monoisotopic (exact) mass is 300 g/mol. The fourth-order valence-electron chi connectivity index (χ4n) is 2.38. The molecule has 3 nitrogen and oxygen atoms in total. The number of aliphatic hydroxyl groups excluding tert-OH is 1. The smallest absolute Gasteiger partial charge is 0.0745 e. The zero-order valence-electron chi connectivity index (χ0n) is 14.9. The number of hydrogen-bond donors (Lipinski definition) is 1. The Balaban J connectivity index is 4.66. The Kier molecular flexibility index (Phi) is 9.43. The van der Waals surface area contributed by atoms with E-state index in [1.54, 1.807) is 6.92 Å². The van der Waals surface area contributed by atoms with Gasteiger partial charge in [0.2, 0.25) is 0 Å². The van der Waals surface area contributed by atoms with Gasteiger partial charge in [-0.05, 0) is 40.0 Å². The Labute approximate surface area is 131 Å². The van der Waals surface area contributed by atoms with Crippen LogP contribution in [0.25, 0.3) is 0 Å². The molecule has 3 heteroatoms. The molecule has 0 bridgehead atoms. The van der Waals surface area contributed by atoms with Crippen molar-refractivity contribution in [2.24, 2.45) is 5.92 Å². The highest BCUT2D eigenvalue weighted by Gasteiger charge is 2.33. The summed E-state index contributed by atoms with van der Waals surface area (Å²) in [7, 11) is 0. The van der Waals surface area contributed by atoms with Gasteiger partial charge in [-0.2, -0.15) is 0 Å². The molecule has 0 fully saturated rings. The highest BCUT2D eigenvalue weighted by Crippen LogP contribution is 2.30. The second kappa shape index (κ2) is 9.60. The summed E-state index contributed by atoms with van der Waals surface area (Å²) in [6, 6.07) is 0.